The lowest BCUT2D eigenvalue weighted by molar-refractivity contribution is 0.0690. The molecule has 2 aromatic heterocycles. The summed E-state index contributed by atoms with van der Waals surface area (Å²) >= 11 is 0. The minimum atomic E-state index is -1.07. The maximum absolute atomic E-state index is 12.1. The van der Waals surface area contributed by atoms with Gasteiger partial charge in [-0.05, 0) is 25.8 Å². The highest BCUT2D eigenvalue weighted by atomic mass is 16.4. The van der Waals surface area contributed by atoms with E-state index in [2.05, 4.69) is 20.6 Å². The van der Waals surface area contributed by atoms with Crippen molar-refractivity contribution < 1.29 is 14.7 Å². The third-order valence-corrected chi connectivity index (χ3v) is 3.20. The number of carbonyl (C=O) groups excluding carboxylic acids is 1. The summed E-state index contributed by atoms with van der Waals surface area (Å²) in [5, 5.41) is 19.3. The van der Waals surface area contributed by atoms with Gasteiger partial charge in [0.05, 0.1) is 11.8 Å². The van der Waals surface area contributed by atoms with Crippen molar-refractivity contribution in [2.75, 3.05) is 6.54 Å². The van der Waals surface area contributed by atoms with Gasteiger partial charge in [-0.3, -0.25) is 9.48 Å². The standard InChI is InChI=1S/C13H17N5O3/c1-8-10(9(2)16-11(8)13(20)21)12(19)14-4-3-6-18-7-5-15-17-18/h5,7,16H,3-4,6H2,1-2H3,(H,14,19)(H,20,21). The Morgan fingerprint density at radius 2 is 2.19 bits per heavy atom. The molecule has 0 saturated heterocycles. The maximum atomic E-state index is 12.1. The minimum Gasteiger partial charge on any atom is -0.477 e. The van der Waals surface area contributed by atoms with Crippen LogP contribution in [0.1, 0.15) is 38.5 Å². The van der Waals surface area contributed by atoms with Gasteiger partial charge in [-0.25, -0.2) is 4.79 Å². The van der Waals surface area contributed by atoms with Gasteiger partial charge < -0.3 is 15.4 Å². The van der Waals surface area contributed by atoms with Gasteiger partial charge in [-0.15, -0.1) is 5.10 Å². The summed E-state index contributed by atoms with van der Waals surface area (Å²) in [7, 11) is 0. The average Bonchev–Trinajstić information content (AvgIpc) is 3.03. The molecule has 0 unspecified atom stereocenters. The fraction of sp³-hybridized carbons (Fsp3) is 0.385. The first-order valence-corrected chi connectivity index (χ1v) is 6.55. The molecule has 0 aliphatic rings. The second kappa shape index (κ2) is 6.21. The third-order valence-electron chi connectivity index (χ3n) is 3.20. The molecule has 2 rings (SSSR count). The minimum absolute atomic E-state index is 0.0558. The van der Waals surface area contributed by atoms with Crippen LogP contribution in [0, 0.1) is 13.8 Å². The molecule has 0 atom stereocenters. The van der Waals surface area contributed by atoms with E-state index in [9.17, 15) is 9.59 Å². The summed E-state index contributed by atoms with van der Waals surface area (Å²) in [6.45, 7) is 4.44. The Morgan fingerprint density at radius 3 is 2.76 bits per heavy atom. The first-order valence-electron chi connectivity index (χ1n) is 6.55. The first kappa shape index (κ1) is 14.8. The van der Waals surface area contributed by atoms with Crippen molar-refractivity contribution >= 4 is 11.9 Å². The molecule has 0 aliphatic carbocycles. The van der Waals surface area contributed by atoms with Crippen molar-refractivity contribution in [3.8, 4) is 0 Å². The second-order valence-corrected chi connectivity index (χ2v) is 4.71. The highest BCUT2D eigenvalue weighted by Crippen LogP contribution is 2.17. The van der Waals surface area contributed by atoms with Gasteiger partial charge in [0.25, 0.3) is 5.91 Å². The molecule has 8 nitrogen and oxygen atoms in total. The predicted molar refractivity (Wildman–Crippen MR) is 74.2 cm³/mol. The van der Waals surface area contributed by atoms with Gasteiger partial charge in [-0.1, -0.05) is 5.21 Å². The Bertz CT molecular complexity index is 645. The van der Waals surface area contributed by atoms with Crippen LogP contribution in [0.3, 0.4) is 0 Å². The molecule has 112 valence electrons. The maximum Gasteiger partial charge on any atom is 0.352 e. The Balaban J connectivity index is 1.93. The highest BCUT2D eigenvalue weighted by molar-refractivity contribution is 6.00. The summed E-state index contributed by atoms with van der Waals surface area (Å²) in [5.74, 6) is -1.34. The van der Waals surface area contributed by atoms with Crippen molar-refractivity contribution in [1.29, 1.82) is 0 Å². The summed E-state index contributed by atoms with van der Waals surface area (Å²) in [4.78, 5) is 25.9. The summed E-state index contributed by atoms with van der Waals surface area (Å²) in [5.41, 5.74) is 1.46. The Morgan fingerprint density at radius 1 is 1.43 bits per heavy atom. The smallest absolute Gasteiger partial charge is 0.352 e. The van der Waals surface area contributed by atoms with Crippen LogP contribution in [0.5, 0.6) is 0 Å². The molecular formula is C13H17N5O3. The molecule has 3 N–H and O–H groups in total. The fourth-order valence-corrected chi connectivity index (χ4v) is 2.19. The van der Waals surface area contributed by atoms with Crippen molar-refractivity contribution in [2.24, 2.45) is 0 Å². The normalized spacial score (nSPS) is 10.6. The zero-order chi connectivity index (χ0) is 15.4. The lowest BCUT2D eigenvalue weighted by Crippen LogP contribution is -2.26. The van der Waals surface area contributed by atoms with Gasteiger partial charge in [0.15, 0.2) is 0 Å². The van der Waals surface area contributed by atoms with Crippen LogP contribution in [0.2, 0.25) is 0 Å². The van der Waals surface area contributed by atoms with Crippen molar-refractivity contribution in [3.63, 3.8) is 0 Å². The molecule has 2 heterocycles. The highest BCUT2D eigenvalue weighted by Gasteiger charge is 2.21. The van der Waals surface area contributed by atoms with Gasteiger partial charge in [-0.2, -0.15) is 0 Å². The molecule has 0 spiro atoms. The third kappa shape index (κ3) is 3.28. The zero-order valence-corrected chi connectivity index (χ0v) is 11.9. The van der Waals surface area contributed by atoms with Crippen LogP contribution < -0.4 is 5.32 Å². The number of hydrogen-bond acceptors (Lipinski definition) is 4. The largest absolute Gasteiger partial charge is 0.477 e. The number of carbonyl (C=O) groups is 2. The Hall–Kier alpha value is -2.64. The number of nitrogens with one attached hydrogen (secondary N) is 2. The number of carboxylic acid groups (broad SMARTS) is 1. The lowest BCUT2D eigenvalue weighted by Gasteiger charge is -2.06. The van der Waals surface area contributed by atoms with Crippen LogP contribution in [0.4, 0.5) is 0 Å². The Kier molecular flexibility index (Phi) is 4.36. The second-order valence-electron chi connectivity index (χ2n) is 4.71. The number of aromatic carboxylic acids is 1. The molecule has 2 aromatic rings. The van der Waals surface area contributed by atoms with E-state index in [1.165, 1.54) is 0 Å². The van der Waals surface area contributed by atoms with Crippen LogP contribution >= 0.6 is 0 Å². The molecular weight excluding hydrogens is 274 g/mol. The number of aromatic amines is 1. The molecule has 0 fully saturated rings. The number of rotatable bonds is 6. The molecule has 8 heteroatoms. The predicted octanol–water partition coefficient (Wildman–Crippen LogP) is 0.741. The summed E-state index contributed by atoms with van der Waals surface area (Å²) in [6, 6.07) is 0. The SMILES string of the molecule is Cc1[nH]c(C(=O)O)c(C)c1C(=O)NCCCn1ccnn1. The molecule has 0 saturated carbocycles. The number of hydrogen-bond donors (Lipinski definition) is 3. The molecule has 1 amide bonds. The summed E-state index contributed by atoms with van der Waals surface area (Å²) in [6.07, 6.45) is 4.06. The first-order chi connectivity index (χ1) is 10.0. The van der Waals surface area contributed by atoms with Crippen LogP contribution in [0.25, 0.3) is 0 Å². The number of amides is 1. The van der Waals surface area contributed by atoms with E-state index in [0.29, 0.717) is 36.3 Å². The quantitative estimate of drug-likeness (QED) is 0.679. The van der Waals surface area contributed by atoms with Crippen molar-refractivity contribution in [2.45, 2.75) is 26.8 Å². The van der Waals surface area contributed by atoms with Crippen LogP contribution in [0.15, 0.2) is 12.4 Å². The van der Waals surface area contributed by atoms with E-state index < -0.39 is 5.97 Å². The molecule has 0 bridgehead atoms. The van der Waals surface area contributed by atoms with Crippen LogP contribution in [-0.2, 0) is 6.54 Å². The van der Waals surface area contributed by atoms with Crippen molar-refractivity contribution in [3.05, 3.63) is 34.9 Å². The van der Waals surface area contributed by atoms with Crippen LogP contribution in [-0.4, -0.2) is 43.5 Å². The van der Waals surface area contributed by atoms with E-state index in [4.69, 9.17) is 5.11 Å². The topological polar surface area (TPSA) is 113 Å². The number of nitrogens with zero attached hydrogens (tertiary/aromatic N) is 3. The van der Waals surface area contributed by atoms with E-state index >= 15 is 0 Å². The molecule has 0 radical (unpaired) electrons. The van der Waals surface area contributed by atoms with Gasteiger partial charge in [0, 0.05) is 25.0 Å². The molecule has 0 aliphatic heterocycles. The average molecular weight is 291 g/mol. The van der Waals surface area contributed by atoms with E-state index in [-0.39, 0.29) is 11.6 Å². The van der Waals surface area contributed by atoms with E-state index in [1.807, 2.05) is 0 Å². The number of aromatic nitrogens is 4. The Labute approximate surface area is 121 Å². The van der Waals surface area contributed by atoms with E-state index in [0.717, 1.165) is 0 Å². The lowest BCUT2D eigenvalue weighted by atomic mass is 10.1. The molecule has 0 aromatic carbocycles. The monoisotopic (exact) mass is 291 g/mol. The molecule has 21 heavy (non-hydrogen) atoms. The summed E-state index contributed by atoms with van der Waals surface area (Å²) < 4.78 is 1.68. The van der Waals surface area contributed by atoms with E-state index in [1.54, 1.807) is 30.9 Å². The number of carboxylic acids is 1. The van der Waals surface area contributed by atoms with Gasteiger partial charge >= 0.3 is 5.97 Å². The number of aryl methyl sites for hydroxylation is 2. The van der Waals surface area contributed by atoms with Gasteiger partial charge in [0.2, 0.25) is 0 Å². The van der Waals surface area contributed by atoms with Gasteiger partial charge in [0.1, 0.15) is 5.69 Å². The number of H-pyrrole nitrogens is 1. The zero-order valence-electron chi connectivity index (χ0n) is 11.9. The fourth-order valence-electron chi connectivity index (χ4n) is 2.19. The van der Waals surface area contributed by atoms with Crippen molar-refractivity contribution in [1.82, 2.24) is 25.3 Å².